The fraction of sp³-hybridized carbons (Fsp3) is 0.250. The van der Waals surface area contributed by atoms with E-state index >= 15 is 0 Å². The Labute approximate surface area is 112 Å². The molecule has 2 rings (SSSR count). The Morgan fingerprint density at radius 1 is 1.00 bits per heavy atom. The minimum absolute atomic E-state index is 0.0234. The summed E-state index contributed by atoms with van der Waals surface area (Å²) >= 11 is 0. The molecule has 100 valence electrons. The number of rotatable bonds is 5. The zero-order valence-corrected chi connectivity index (χ0v) is 10.9. The van der Waals surface area contributed by atoms with E-state index in [2.05, 4.69) is 5.32 Å². The third kappa shape index (κ3) is 3.63. The van der Waals surface area contributed by atoms with Crippen molar-refractivity contribution in [2.45, 2.75) is 19.0 Å². The highest BCUT2D eigenvalue weighted by atomic mass is 19.1. The Hall–Kier alpha value is -1.71. The van der Waals surface area contributed by atoms with E-state index in [1.807, 2.05) is 37.3 Å². The molecule has 0 aliphatic rings. The first-order chi connectivity index (χ1) is 9.20. The van der Waals surface area contributed by atoms with Crippen LogP contribution < -0.4 is 5.32 Å². The molecule has 0 bridgehead atoms. The van der Waals surface area contributed by atoms with Crippen LogP contribution in [0.2, 0.25) is 0 Å². The van der Waals surface area contributed by atoms with Crippen molar-refractivity contribution in [3.63, 3.8) is 0 Å². The lowest BCUT2D eigenvalue weighted by atomic mass is 10.0. The van der Waals surface area contributed by atoms with Gasteiger partial charge < -0.3 is 10.4 Å². The maximum absolute atomic E-state index is 12.9. The maximum atomic E-state index is 12.9. The fourth-order valence-electron chi connectivity index (χ4n) is 2.09. The van der Waals surface area contributed by atoms with Crippen LogP contribution in [0, 0.1) is 5.82 Å². The standard InChI is InChI=1S/C16H18FNO/c1-12(13-7-9-15(17)10-8-13)18-16(11-19)14-5-3-2-4-6-14/h2-10,12,16,18-19H,11H2,1H3/t12?,16-/m0/s1. The van der Waals surface area contributed by atoms with Crippen LogP contribution in [0.3, 0.4) is 0 Å². The van der Waals surface area contributed by atoms with E-state index in [0.717, 1.165) is 11.1 Å². The smallest absolute Gasteiger partial charge is 0.123 e. The van der Waals surface area contributed by atoms with Crippen molar-refractivity contribution in [1.82, 2.24) is 5.32 Å². The van der Waals surface area contributed by atoms with Gasteiger partial charge in [0, 0.05) is 6.04 Å². The average Bonchev–Trinajstić information content (AvgIpc) is 2.46. The van der Waals surface area contributed by atoms with Crippen LogP contribution in [0.1, 0.15) is 30.1 Å². The van der Waals surface area contributed by atoms with Crippen molar-refractivity contribution in [3.05, 3.63) is 71.5 Å². The summed E-state index contributed by atoms with van der Waals surface area (Å²) in [5, 5.41) is 12.8. The number of aliphatic hydroxyl groups excluding tert-OH is 1. The van der Waals surface area contributed by atoms with E-state index in [0.29, 0.717) is 0 Å². The molecule has 0 aliphatic heterocycles. The summed E-state index contributed by atoms with van der Waals surface area (Å²) in [6.07, 6.45) is 0. The normalized spacial score (nSPS) is 14.1. The molecule has 1 unspecified atom stereocenters. The summed E-state index contributed by atoms with van der Waals surface area (Å²) in [5.74, 6) is -0.238. The maximum Gasteiger partial charge on any atom is 0.123 e. The van der Waals surface area contributed by atoms with E-state index in [1.165, 1.54) is 12.1 Å². The van der Waals surface area contributed by atoms with Crippen LogP contribution in [0.5, 0.6) is 0 Å². The van der Waals surface area contributed by atoms with Crippen molar-refractivity contribution in [3.8, 4) is 0 Å². The van der Waals surface area contributed by atoms with Crippen molar-refractivity contribution in [1.29, 1.82) is 0 Å². The second-order valence-electron chi connectivity index (χ2n) is 4.59. The van der Waals surface area contributed by atoms with Crippen LogP contribution in [-0.2, 0) is 0 Å². The molecule has 0 heterocycles. The summed E-state index contributed by atoms with van der Waals surface area (Å²) in [6.45, 7) is 2.02. The van der Waals surface area contributed by atoms with Crippen LogP contribution in [-0.4, -0.2) is 11.7 Å². The topological polar surface area (TPSA) is 32.3 Å². The summed E-state index contributed by atoms with van der Waals surface area (Å²) in [5.41, 5.74) is 2.04. The van der Waals surface area contributed by atoms with Gasteiger partial charge in [0.25, 0.3) is 0 Å². The summed E-state index contributed by atoms with van der Waals surface area (Å²) < 4.78 is 12.9. The van der Waals surface area contributed by atoms with Crippen molar-refractivity contribution in [2.24, 2.45) is 0 Å². The number of hydrogen-bond acceptors (Lipinski definition) is 2. The lowest BCUT2D eigenvalue weighted by Gasteiger charge is -2.22. The SMILES string of the molecule is CC(N[C@@H](CO)c1ccccc1)c1ccc(F)cc1. The number of benzene rings is 2. The van der Waals surface area contributed by atoms with Gasteiger partial charge in [-0.1, -0.05) is 42.5 Å². The zero-order valence-electron chi connectivity index (χ0n) is 10.9. The lowest BCUT2D eigenvalue weighted by molar-refractivity contribution is 0.235. The average molecular weight is 259 g/mol. The van der Waals surface area contributed by atoms with Gasteiger partial charge in [-0.3, -0.25) is 0 Å². The zero-order chi connectivity index (χ0) is 13.7. The van der Waals surface area contributed by atoms with Gasteiger partial charge >= 0.3 is 0 Å². The molecule has 0 saturated carbocycles. The van der Waals surface area contributed by atoms with Gasteiger partial charge in [0.15, 0.2) is 0 Å². The third-order valence-corrected chi connectivity index (χ3v) is 3.21. The molecule has 2 nitrogen and oxygen atoms in total. The molecule has 0 aliphatic carbocycles. The first-order valence-corrected chi connectivity index (χ1v) is 6.38. The highest BCUT2D eigenvalue weighted by molar-refractivity contribution is 5.22. The van der Waals surface area contributed by atoms with Gasteiger partial charge in [-0.05, 0) is 30.2 Å². The van der Waals surface area contributed by atoms with Crippen LogP contribution >= 0.6 is 0 Å². The van der Waals surface area contributed by atoms with E-state index in [-0.39, 0.29) is 24.5 Å². The predicted octanol–water partition coefficient (Wildman–Crippen LogP) is 3.21. The van der Waals surface area contributed by atoms with E-state index < -0.39 is 0 Å². The number of aliphatic hydroxyl groups is 1. The van der Waals surface area contributed by atoms with Crippen LogP contribution in [0.4, 0.5) is 4.39 Å². The van der Waals surface area contributed by atoms with Crippen LogP contribution in [0.15, 0.2) is 54.6 Å². The molecule has 0 radical (unpaired) electrons. The van der Waals surface area contributed by atoms with Crippen molar-refractivity contribution < 1.29 is 9.50 Å². The molecule has 19 heavy (non-hydrogen) atoms. The quantitative estimate of drug-likeness (QED) is 0.864. The molecule has 2 aromatic rings. The molecule has 0 fully saturated rings. The van der Waals surface area contributed by atoms with Crippen molar-refractivity contribution in [2.75, 3.05) is 6.61 Å². The molecule has 0 amide bonds. The van der Waals surface area contributed by atoms with E-state index in [9.17, 15) is 9.50 Å². The van der Waals surface area contributed by atoms with Crippen LogP contribution in [0.25, 0.3) is 0 Å². The molecule has 2 atom stereocenters. The molecule has 2 N–H and O–H groups in total. The molecule has 3 heteroatoms. The third-order valence-electron chi connectivity index (χ3n) is 3.21. The molecule has 0 aromatic heterocycles. The first kappa shape index (κ1) is 13.7. The summed E-state index contributed by atoms with van der Waals surface area (Å²) in [7, 11) is 0. The van der Waals surface area contributed by atoms with Crippen molar-refractivity contribution >= 4 is 0 Å². The molecule has 2 aromatic carbocycles. The van der Waals surface area contributed by atoms with Gasteiger partial charge in [-0.2, -0.15) is 0 Å². The molecular formula is C16H18FNO. The number of hydrogen-bond donors (Lipinski definition) is 2. The first-order valence-electron chi connectivity index (χ1n) is 6.38. The van der Waals surface area contributed by atoms with E-state index in [4.69, 9.17) is 0 Å². The largest absolute Gasteiger partial charge is 0.394 e. The van der Waals surface area contributed by atoms with E-state index in [1.54, 1.807) is 12.1 Å². The van der Waals surface area contributed by atoms with Gasteiger partial charge in [-0.25, -0.2) is 4.39 Å². The fourth-order valence-corrected chi connectivity index (χ4v) is 2.09. The van der Waals surface area contributed by atoms with Gasteiger partial charge in [-0.15, -0.1) is 0 Å². The Balaban J connectivity index is 2.08. The number of halogens is 1. The molecule has 0 spiro atoms. The van der Waals surface area contributed by atoms with Gasteiger partial charge in [0.1, 0.15) is 5.82 Å². The lowest BCUT2D eigenvalue weighted by Crippen LogP contribution is -2.27. The second-order valence-corrected chi connectivity index (χ2v) is 4.59. The highest BCUT2D eigenvalue weighted by Crippen LogP contribution is 2.19. The highest BCUT2D eigenvalue weighted by Gasteiger charge is 2.14. The molecular weight excluding hydrogens is 241 g/mol. The van der Waals surface area contributed by atoms with Gasteiger partial charge in [0.2, 0.25) is 0 Å². The summed E-state index contributed by atoms with van der Waals surface area (Å²) in [6, 6.07) is 16.1. The Kier molecular flexibility index (Phi) is 4.66. The number of nitrogens with one attached hydrogen (secondary N) is 1. The summed E-state index contributed by atoms with van der Waals surface area (Å²) in [4.78, 5) is 0. The Bertz CT molecular complexity index is 498. The Morgan fingerprint density at radius 2 is 1.63 bits per heavy atom. The molecule has 0 saturated heterocycles. The predicted molar refractivity (Wildman–Crippen MR) is 74.2 cm³/mol. The Morgan fingerprint density at radius 3 is 2.21 bits per heavy atom. The van der Waals surface area contributed by atoms with Gasteiger partial charge in [0.05, 0.1) is 12.6 Å². The minimum atomic E-state index is -0.238. The minimum Gasteiger partial charge on any atom is -0.394 e. The second kappa shape index (κ2) is 6.45. The monoisotopic (exact) mass is 259 g/mol.